The smallest absolute Gasteiger partial charge is 0.0629 e. The van der Waals surface area contributed by atoms with E-state index in [9.17, 15) is 0 Å². The summed E-state index contributed by atoms with van der Waals surface area (Å²) in [5, 5.41) is 0. The fraction of sp³-hybridized carbons (Fsp3) is 0.364. The Morgan fingerprint density at radius 2 is 2.17 bits per heavy atom. The summed E-state index contributed by atoms with van der Waals surface area (Å²) < 4.78 is 0. The third-order valence-corrected chi connectivity index (χ3v) is 1.71. The lowest BCUT2D eigenvalue weighted by molar-refractivity contribution is 1.03. The third kappa shape index (κ3) is 2.50. The van der Waals surface area contributed by atoms with Gasteiger partial charge in [-0.15, -0.1) is 0 Å². The molecule has 0 fully saturated rings. The molecule has 0 aliphatic heterocycles. The quantitative estimate of drug-likeness (QED) is 0.664. The van der Waals surface area contributed by atoms with E-state index in [0.717, 1.165) is 24.2 Å². The highest BCUT2D eigenvalue weighted by atomic mass is 14.7. The molecular formula is C11H15N. The molecule has 0 aromatic carbocycles. The summed E-state index contributed by atoms with van der Waals surface area (Å²) in [6.07, 6.45) is 6.27. The molecule has 0 N–H and O–H groups in total. The van der Waals surface area contributed by atoms with Crippen molar-refractivity contribution in [3.63, 3.8) is 0 Å². The van der Waals surface area contributed by atoms with Gasteiger partial charge < -0.3 is 0 Å². The Kier molecular flexibility index (Phi) is 3.52. The lowest BCUT2D eigenvalue weighted by Crippen LogP contribution is -1.87. The van der Waals surface area contributed by atoms with Gasteiger partial charge in [0.1, 0.15) is 0 Å². The molecular weight excluding hydrogens is 146 g/mol. The number of aryl methyl sites for hydroxylation is 1. The SMILES string of the molecule is CC/C=C/c1cccc(CC)n1. The molecule has 0 aliphatic carbocycles. The fourth-order valence-corrected chi connectivity index (χ4v) is 1.03. The van der Waals surface area contributed by atoms with Gasteiger partial charge in [0.05, 0.1) is 5.69 Å². The molecule has 1 heterocycles. The van der Waals surface area contributed by atoms with E-state index in [0.29, 0.717) is 0 Å². The second kappa shape index (κ2) is 4.70. The maximum absolute atomic E-state index is 4.44. The highest BCUT2D eigenvalue weighted by Gasteiger charge is 1.90. The minimum Gasteiger partial charge on any atom is -0.254 e. The number of allylic oxidation sites excluding steroid dienone is 1. The van der Waals surface area contributed by atoms with Crippen LogP contribution in [0, 0.1) is 0 Å². The van der Waals surface area contributed by atoms with Gasteiger partial charge in [0.2, 0.25) is 0 Å². The van der Waals surface area contributed by atoms with Gasteiger partial charge in [-0.3, -0.25) is 4.98 Å². The first-order valence-corrected chi connectivity index (χ1v) is 4.49. The molecule has 1 aromatic rings. The van der Waals surface area contributed by atoms with Crippen molar-refractivity contribution >= 4 is 6.08 Å². The molecule has 0 radical (unpaired) electrons. The Hall–Kier alpha value is -1.11. The van der Waals surface area contributed by atoms with Gasteiger partial charge in [-0.05, 0) is 31.1 Å². The van der Waals surface area contributed by atoms with Crippen LogP contribution in [0.2, 0.25) is 0 Å². The molecule has 0 amide bonds. The van der Waals surface area contributed by atoms with Crippen molar-refractivity contribution in [3.8, 4) is 0 Å². The molecule has 12 heavy (non-hydrogen) atoms. The van der Waals surface area contributed by atoms with Crippen LogP contribution in [0.15, 0.2) is 24.3 Å². The monoisotopic (exact) mass is 161 g/mol. The molecule has 1 aromatic heterocycles. The molecule has 64 valence electrons. The maximum Gasteiger partial charge on any atom is 0.0629 e. The molecule has 0 saturated heterocycles. The van der Waals surface area contributed by atoms with Crippen LogP contribution in [0.1, 0.15) is 31.7 Å². The van der Waals surface area contributed by atoms with Gasteiger partial charge in [-0.25, -0.2) is 0 Å². The molecule has 1 heteroatoms. The van der Waals surface area contributed by atoms with Crippen molar-refractivity contribution < 1.29 is 0 Å². The van der Waals surface area contributed by atoms with E-state index in [1.807, 2.05) is 6.07 Å². The molecule has 1 rings (SSSR count). The van der Waals surface area contributed by atoms with E-state index in [4.69, 9.17) is 0 Å². The Balaban J connectivity index is 2.79. The first kappa shape index (κ1) is 8.98. The largest absolute Gasteiger partial charge is 0.254 e. The Labute approximate surface area is 74.2 Å². The number of aromatic nitrogens is 1. The topological polar surface area (TPSA) is 12.9 Å². The van der Waals surface area contributed by atoms with Crippen molar-refractivity contribution in [1.29, 1.82) is 0 Å². The van der Waals surface area contributed by atoms with Gasteiger partial charge in [0, 0.05) is 5.69 Å². The van der Waals surface area contributed by atoms with E-state index in [-0.39, 0.29) is 0 Å². The summed E-state index contributed by atoms with van der Waals surface area (Å²) in [4.78, 5) is 4.44. The number of hydrogen-bond donors (Lipinski definition) is 0. The van der Waals surface area contributed by atoms with Crippen LogP contribution in [0.25, 0.3) is 6.08 Å². The molecule has 0 spiro atoms. The predicted molar refractivity (Wildman–Crippen MR) is 52.9 cm³/mol. The lowest BCUT2D eigenvalue weighted by Gasteiger charge is -1.96. The minimum atomic E-state index is 1.01. The minimum absolute atomic E-state index is 1.01. The summed E-state index contributed by atoms with van der Waals surface area (Å²) in [6.45, 7) is 4.25. The normalized spacial score (nSPS) is 10.8. The van der Waals surface area contributed by atoms with Gasteiger partial charge in [-0.2, -0.15) is 0 Å². The number of nitrogens with zero attached hydrogens (tertiary/aromatic N) is 1. The van der Waals surface area contributed by atoms with Gasteiger partial charge >= 0.3 is 0 Å². The second-order valence-electron chi connectivity index (χ2n) is 2.72. The van der Waals surface area contributed by atoms with Crippen LogP contribution in [0.3, 0.4) is 0 Å². The van der Waals surface area contributed by atoms with E-state index >= 15 is 0 Å². The molecule has 1 nitrogen and oxygen atoms in total. The highest BCUT2D eigenvalue weighted by molar-refractivity contribution is 5.44. The van der Waals surface area contributed by atoms with Crippen molar-refractivity contribution in [1.82, 2.24) is 4.98 Å². The predicted octanol–water partition coefficient (Wildman–Crippen LogP) is 3.07. The molecule has 0 saturated carbocycles. The number of rotatable bonds is 3. The molecule has 0 unspecified atom stereocenters. The van der Waals surface area contributed by atoms with E-state index in [1.165, 1.54) is 0 Å². The first-order valence-electron chi connectivity index (χ1n) is 4.49. The number of hydrogen-bond acceptors (Lipinski definition) is 1. The number of pyridine rings is 1. The van der Waals surface area contributed by atoms with Crippen LogP contribution < -0.4 is 0 Å². The average Bonchev–Trinajstić information content (AvgIpc) is 2.15. The zero-order chi connectivity index (χ0) is 8.81. The zero-order valence-electron chi connectivity index (χ0n) is 7.75. The lowest BCUT2D eigenvalue weighted by atomic mass is 10.2. The summed E-state index contributed by atoms with van der Waals surface area (Å²) in [5.41, 5.74) is 2.23. The third-order valence-electron chi connectivity index (χ3n) is 1.71. The highest BCUT2D eigenvalue weighted by Crippen LogP contribution is 2.02. The summed E-state index contributed by atoms with van der Waals surface area (Å²) in [6, 6.07) is 6.15. The maximum atomic E-state index is 4.44. The van der Waals surface area contributed by atoms with Crippen LogP contribution in [-0.2, 0) is 6.42 Å². The van der Waals surface area contributed by atoms with E-state index in [1.54, 1.807) is 0 Å². The molecule has 0 bridgehead atoms. The van der Waals surface area contributed by atoms with Gasteiger partial charge in [0.15, 0.2) is 0 Å². The van der Waals surface area contributed by atoms with Crippen LogP contribution in [0.5, 0.6) is 0 Å². The van der Waals surface area contributed by atoms with E-state index in [2.05, 4.69) is 43.1 Å². The summed E-state index contributed by atoms with van der Waals surface area (Å²) >= 11 is 0. The molecule has 0 aliphatic rings. The zero-order valence-corrected chi connectivity index (χ0v) is 7.75. The Morgan fingerprint density at radius 3 is 2.83 bits per heavy atom. The Bertz CT molecular complexity index is 263. The second-order valence-corrected chi connectivity index (χ2v) is 2.72. The molecule has 0 atom stereocenters. The van der Waals surface area contributed by atoms with Crippen molar-refractivity contribution in [3.05, 3.63) is 35.7 Å². The van der Waals surface area contributed by atoms with Crippen molar-refractivity contribution in [2.75, 3.05) is 0 Å². The van der Waals surface area contributed by atoms with E-state index < -0.39 is 0 Å². The van der Waals surface area contributed by atoms with Gasteiger partial charge in [0.25, 0.3) is 0 Å². The Morgan fingerprint density at radius 1 is 1.33 bits per heavy atom. The summed E-state index contributed by atoms with van der Waals surface area (Å²) in [7, 11) is 0. The summed E-state index contributed by atoms with van der Waals surface area (Å²) in [5.74, 6) is 0. The van der Waals surface area contributed by atoms with Crippen LogP contribution in [-0.4, -0.2) is 4.98 Å². The van der Waals surface area contributed by atoms with Crippen LogP contribution >= 0.6 is 0 Å². The standard InChI is InChI=1S/C11H15N/c1-3-5-7-11-9-6-8-10(4-2)12-11/h5-9H,3-4H2,1-2H3/b7-5+. The van der Waals surface area contributed by atoms with Crippen LogP contribution in [0.4, 0.5) is 0 Å². The van der Waals surface area contributed by atoms with Gasteiger partial charge in [-0.1, -0.05) is 26.0 Å². The van der Waals surface area contributed by atoms with Crippen molar-refractivity contribution in [2.45, 2.75) is 26.7 Å². The first-order chi connectivity index (χ1) is 5.86. The fourth-order valence-electron chi connectivity index (χ4n) is 1.03. The van der Waals surface area contributed by atoms with Crippen molar-refractivity contribution in [2.24, 2.45) is 0 Å². The average molecular weight is 161 g/mol.